The van der Waals surface area contributed by atoms with Crippen LogP contribution in [0.25, 0.3) is 11.0 Å². The number of ketones is 1. The fourth-order valence-corrected chi connectivity index (χ4v) is 2.78. The van der Waals surface area contributed by atoms with Crippen molar-refractivity contribution >= 4 is 16.8 Å². The highest BCUT2D eigenvalue weighted by molar-refractivity contribution is 5.83. The Kier molecular flexibility index (Phi) is 3.57. The average molecular weight is 278 g/mol. The largest absolute Gasteiger partial charge is 0.323 e. The van der Waals surface area contributed by atoms with Crippen molar-refractivity contribution in [2.75, 3.05) is 0 Å². The topological polar surface area (TPSA) is 34.9 Å². The minimum absolute atomic E-state index is 0.197. The summed E-state index contributed by atoms with van der Waals surface area (Å²) in [6, 6.07) is 14.2. The minimum Gasteiger partial charge on any atom is -0.323 e. The Morgan fingerprint density at radius 1 is 1.10 bits per heavy atom. The third-order valence-electron chi connectivity index (χ3n) is 3.56. The molecule has 0 radical (unpaired) electrons. The number of Topliss-reactive ketones (excluding diaryl/α,β-unsaturated/α-hetero) is 1. The van der Waals surface area contributed by atoms with Crippen LogP contribution in [0.15, 0.2) is 48.8 Å². The van der Waals surface area contributed by atoms with Gasteiger partial charge in [-0.15, -0.1) is 0 Å². The molecule has 0 spiro atoms. The van der Waals surface area contributed by atoms with Gasteiger partial charge in [0.2, 0.25) is 0 Å². The molecule has 1 aromatic heterocycles. The van der Waals surface area contributed by atoms with E-state index in [4.69, 9.17) is 0 Å². The Morgan fingerprint density at radius 2 is 1.81 bits per heavy atom. The Hall–Kier alpha value is -2.42. The highest BCUT2D eigenvalue weighted by Crippen LogP contribution is 2.13. The molecule has 0 fully saturated rings. The molecule has 0 saturated carbocycles. The smallest absolute Gasteiger partial charge is 0.156 e. The lowest BCUT2D eigenvalue weighted by Crippen LogP contribution is -2.12. The zero-order chi connectivity index (χ0) is 14.8. The Morgan fingerprint density at radius 3 is 2.57 bits per heavy atom. The fourth-order valence-electron chi connectivity index (χ4n) is 2.78. The maximum Gasteiger partial charge on any atom is 0.156 e. The van der Waals surface area contributed by atoms with E-state index in [0.717, 1.165) is 16.6 Å². The van der Waals surface area contributed by atoms with Crippen molar-refractivity contribution in [1.82, 2.24) is 9.55 Å². The van der Waals surface area contributed by atoms with E-state index in [1.165, 1.54) is 11.1 Å². The van der Waals surface area contributed by atoms with Crippen LogP contribution in [0.1, 0.15) is 16.7 Å². The molecule has 0 saturated heterocycles. The maximum atomic E-state index is 12.3. The number of hydrogen-bond acceptors (Lipinski definition) is 2. The molecule has 21 heavy (non-hydrogen) atoms. The van der Waals surface area contributed by atoms with Gasteiger partial charge in [0.05, 0.1) is 23.9 Å². The molecule has 0 amide bonds. The van der Waals surface area contributed by atoms with Gasteiger partial charge in [0.25, 0.3) is 0 Å². The van der Waals surface area contributed by atoms with Crippen molar-refractivity contribution < 1.29 is 4.79 Å². The van der Waals surface area contributed by atoms with Gasteiger partial charge in [-0.3, -0.25) is 4.79 Å². The van der Waals surface area contributed by atoms with Crippen LogP contribution in [0.5, 0.6) is 0 Å². The SMILES string of the molecule is Cc1cc(C)cc(CC(=O)Cn2cnc3ccccc32)c1. The first-order chi connectivity index (χ1) is 10.1. The van der Waals surface area contributed by atoms with Crippen molar-refractivity contribution in [2.24, 2.45) is 0 Å². The van der Waals surface area contributed by atoms with Gasteiger partial charge in [0.1, 0.15) is 0 Å². The number of para-hydroxylation sites is 2. The summed E-state index contributed by atoms with van der Waals surface area (Å²) in [7, 11) is 0. The highest BCUT2D eigenvalue weighted by Gasteiger charge is 2.08. The summed E-state index contributed by atoms with van der Waals surface area (Å²) in [5, 5.41) is 0. The number of fused-ring (bicyclic) bond motifs is 1. The third kappa shape index (κ3) is 3.02. The minimum atomic E-state index is 0.197. The molecule has 0 aliphatic rings. The summed E-state index contributed by atoms with van der Waals surface area (Å²) in [4.78, 5) is 16.6. The first-order valence-electron chi connectivity index (χ1n) is 7.10. The van der Waals surface area contributed by atoms with Gasteiger partial charge in [-0.1, -0.05) is 41.5 Å². The number of benzene rings is 2. The number of aryl methyl sites for hydroxylation is 2. The molecule has 2 aromatic carbocycles. The van der Waals surface area contributed by atoms with Crippen LogP contribution in [0.4, 0.5) is 0 Å². The monoisotopic (exact) mass is 278 g/mol. The van der Waals surface area contributed by atoms with Gasteiger partial charge < -0.3 is 4.57 Å². The number of nitrogens with zero attached hydrogens (tertiary/aromatic N) is 2. The second kappa shape index (κ2) is 5.52. The molecular weight excluding hydrogens is 260 g/mol. The molecule has 106 valence electrons. The van der Waals surface area contributed by atoms with Crippen molar-refractivity contribution in [3.8, 4) is 0 Å². The normalized spacial score (nSPS) is 11.0. The molecule has 0 atom stereocenters. The van der Waals surface area contributed by atoms with Crippen LogP contribution in [-0.4, -0.2) is 15.3 Å². The molecule has 0 N–H and O–H groups in total. The molecule has 0 aliphatic carbocycles. The van der Waals surface area contributed by atoms with E-state index < -0.39 is 0 Å². The standard InChI is InChI=1S/C18H18N2O/c1-13-7-14(2)9-15(8-13)10-16(21)11-20-12-19-17-5-3-4-6-18(17)20/h3-9,12H,10-11H2,1-2H3. The maximum absolute atomic E-state index is 12.3. The number of imidazole rings is 1. The molecule has 3 aromatic rings. The Bertz CT molecular complexity index is 782. The molecule has 0 aliphatic heterocycles. The molecule has 0 bridgehead atoms. The van der Waals surface area contributed by atoms with Crippen LogP contribution < -0.4 is 0 Å². The van der Waals surface area contributed by atoms with E-state index >= 15 is 0 Å². The van der Waals surface area contributed by atoms with E-state index in [1.807, 2.05) is 28.8 Å². The third-order valence-corrected chi connectivity index (χ3v) is 3.56. The zero-order valence-corrected chi connectivity index (χ0v) is 12.3. The van der Waals surface area contributed by atoms with Crippen LogP contribution >= 0.6 is 0 Å². The van der Waals surface area contributed by atoms with Crippen LogP contribution in [0.2, 0.25) is 0 Å². The molecule has 0 unspecified atom stereocenters. The molecule has 1 heterocycles. The van der Waals surface area contributed by atoms with Crippen LogP contribution in [-0.2, 0) is 17.8 Å². The quantitative estimate of drug-likeness (QED) is 0.732. The van der Waals surface area contributed by atoms with Crippen LogP contribution in [0, 0.1) is 13.8 Å². The average Bonchev–Trinajstić information content (AvgIpc) is 2.81. The Labute approximate surface area is 124 Å². The second-order valence-electron chi connectivity index (χ2n) is 5.57. The van der Waals surface area contributed by atoms with Crippen molar-refractivity contribution in [2.45, 2.75) is 26.8 Å². The molecule has 3 nitrogen and oxygen atoms in total. The van der Waals surface area contributed by atoms with E-state index in [9.17, 15) is 4.79 Å². The van der Waals surface area contributed by atoms with Crippen molar-refractivity contribution in [3.05, 3.63) is 65.5 Å². The summed E-state index contributed by atoms with van der Waals surface area (Å²) in [5.41, 5.74) is 5.42. The second-order valence-corrected chi connectivity index (χ2v) is 5.57. The lowest BCUT2D eigenvalue weighted by molar-refractivity contribution is -0.118. The lowest BCUT2D eigenvalue weighted by atomic mass is 10.0. The van der Waals surface area contributed by atoms with E-state index in [1.54, 1.807) is 6.33 Å². The van der Waals surface area contributed by atoms with Crippen molar-refractivity contribution in [3.63, 3.8) is 0 Å². The molecule has 3 heteroatoms. The van der Waals surface area contributed by atoms with Gasteiger partial charge in [0, 0.05) is 6.42 Å². The number of rotatable bonds is 4. The van der Waals surface area contributed by atoms with Crippen molar-refractivity contribution in [1.29, 1.82) is 0 Å². The number of aromatic nitrogens is 2. The van der Waals surface area contributed by atoms with E-state index in [-0.39, 0.29) is 5.78 Å². The van der Waals surface area contributed by atoms with Crippen LogP contribution in [0.3, 0.4) is 0 Å². The number of carbonyl (C=O) groups excluding carboxylic acids is 1. The number of hydrogen-bond donors (Lipinski definition) is 0. The predicted molar refractivity (Wildman–Crippen MR) is 84.4 cm³/mol. The van der Waals surface area contributed by atoms with Gasteiger partial charge in [-0.2, -0.15) is 0 Å². The lowest BCUT2D eigenvalue weighted by Gasteiger charge is -2.06. The van der Waals surface area contributed by atoms with Gasteiger partial charge >= 0.3 is 0 Å². The summed E-state index contributed by atoms with van der Waals surface area (Å²) in [6.07, 6.45) is 2.21. The zero-order valence-electron chi connectivity index (χ0n) is 12.3. The molecular formula is C18H18N2O. The fraction of sp³-hybridized carbons (Fsp3) is 0.222. The molecule has 3 rings (SSSR count). The number of carbonyl (C=O) groups is 1. The van der Waals surface area contributed by atoms with Gasteiger partial charge in [0.15, 0.2) is 5.78 Å². The summed E-state index contributed by atoms with van der Waals surface area (Å²) < 4.78 is 1.92. The summed E-state index contributed by atoms with van der Waals surface area (Å²) in [6.45, 7) is 4.49. The first kappa shape index (κ1) is 13.6. The van der Waals surface area contributed by atoms with E-state index in [0.29, 0.717) is 13.0 Å². The first-order valence-corrected chi connectivity index (χ1v) is 7.10. The summed E-state index contributed by atoms with van der Waals surface area (Å²) in [5.74, 6) is 0.197. The summed E-state index contributed by atoms with van der Waals surface area (Å²) >= 11 is 0. The predicted octanol–water partition coefficient (Wildman–Crippen LogP) is 3.46. The van der Waals surface area contributed by atoms with Gasteiger partial charge in [-0.05, 0) is 31.5 Å². The van der Waals surface area contributed by atoms with Gasteiger partial charge in [-0.25, -0.2) is 4.98 Å². The highest BCUT2D eigenvalue weighted by atomic mass is 16.1. The Balaban J connectivity index is 1.77. The van der Waals surface area contributed by atoms with E-state index in [2.05, 4.69) is 37.0 Å².